The molecule has 0 fully saturated rings. The van der Waals surface area contributed by atoms with Gasteiger partial charge in [-0.15, -0.1) is 0 Å². The minimum atomic E-state index is 0.396. The summed E-state index contributed by atoms with van der Waals surface area (Å²) in [4.78, 5) is 0. The van der Waals surface area contributed by atoms with Gasteiger partial charge in [0, 0.05) is 6.54 Å². The van der Waals surface area contributed by atoms with Crippen molar-refractivity contribution in [3.8, 4) is 5.75 Å². The smallest absolute Gasteiger partial charge is 0.153 e. The predicted molar refractivity (Wildman–Crippen MR) is 116 cm³/mol. The highest BCUT2D eigenvalue weighted by atomic mass is 16.5. The molecule has 0 amide bonds. The molecule has 0 saturated heterocycles. The summed E-state index contributed by atoms with van der Waals surface area (Å²) in [5.41, 5.74) is 4.11. The summed E-state index contributed by atoms with van der Waals surface area (Å²) in [6.07, 6.45) is 12.0. The van der Waals surface area contributed by atoms with Gasteiger partial charge >= 0.3 is 0 Å². The Morgan fingerprint density at radius 3 is 2.46 bits per heavy atom. The molecule has 1 aromatic carbocycles. The molecule has 0 heterocycles. The summed E-state index contributed by atoms with van der Waals surface area (Å²) in [7, 11) is 0. The van der Waals surface area contributed by atoms with Crippen molar-refractivity contribution in [1.82, 2.24) is 0 Å². The fraction of sp³-hybridized carbons (Fsp3) is 0.583. The van der Waals surface area contributed by atoms with E-state index in [1.54, 1.807) is 0 Å². The summed E-state index contributed by atoms with van der Waals surface area (Å²) < 4.78 is 6.22. The molecule has 1 N–H and O–H groups in total. The highest BCUT2D eigenvalue weighted by molar-refractivity contribution is 5.62. The van der Waals surface area contributed by atoms with Crippen molar-refractivity contribution in [2.24, 2.45) is 5.41 Å². The summed E-state index contributed by atoms with van der Waals surface area (Å²) in [6.45, 7) is 16.3. The summed E-state index contributed by atoms with van der Waals surface area (Å²) in [6, 6.07) is 4.57. The first-order chi connectivity index (χ1) is 12.3. The number of unbranched alkanes of at least 4 members (excludes halogenated alkanes) is 1. The molecule has 0 aliphatic heterocycles. The lowest BCUT2D eigenvalue weighted by atomic mass is 9.89. The predicted octanol–water partition coefficient (Wildman–Crippen LogP) is 7.43. The molecule has 146 valence electrons. The van der Waals surface area contributed by atoms with Crippen LogP contribution in [0.4, 0.5) is 5.69 Å². The Labute approximate surface area is 161 Å². The minimum Gasteiger partial charge on any atom is -0.455 e. The summed E-state index contributed by atoms with van der Waals surface area (Å²) in [5, 5.41) is 3.60. The normalized spacial score (nSPS) is 12.7. The third-order valence-corrected chi connectivity index (χ3v) is 4.41. The first-order valence-corrected chi connectivity index (χ1v) is 10.1. The second kappa shape index (κ2) is 11.1. The van der Waals surface area contributed by atoms with Gasteiger partial charge in [-0.2, -0.15) is 0 Å². The van der Waals surface area contributed by atoms with Gasteiger partial charge in [0.25, 0.3) is 0 Å². The zero-order valence-electron chi connectivity index (χ0n) is 18.0. The van der Waals surface area contributed by atoms with Gasteiger partial charge in [0.2, 0.25) is 0 Å². The first kappa shape index (κ1) is 22.3. The largest absolute Gasteiger partial charge is 0.455 e. The average Bonchev–Trinajstić information content (AvgIpc) is 2.56. The van der Waals surface area contributed by atoms with Gasteiger partial charge < -0.3 is 10.1 Å². The molecule has 2 nitrogen and oxygen atoms in total. The van der Waals surface area contributed by atoms with Crippen LogP contribution >= 0.6 is 0 Å². The van der Waals surface area contributed by atoms with Crippen LogP contribution in [0, 0.1) is 12.3 Å². The molecule has 1 aromatic rings. The van der Waals surface area contributed by atoms with Crippen LogP contribution in [-0.2, 0) is 6.42 Å². The third kappa shape index (κ3) is 8.12. The van der Waals surface area contributed by atoms with Crippen LogP contribution < -0.4 is 10.1 Å². The minimum absolute atomic E-state index is 0.396. The number of nitrogens with one attached hydrogen (secondary N) is 1. The Balaban J connectivity index is 3.03. The average molecular weight is 358 g/mol. The molecule has 1 rings (SSSR count). The summed E-state index contributed by atoms with van der Waals surface area (Å²) >= 11 is 0. The van der Waals surface area contributed by atoms with Crippen LogP contribution in [0.3, 0.4) is 0 Å². The van der Waals surface area contributed by atoms with E-state index in [0.29, 0.717) is 5.41 Å². The van der Waals surface area contributed by atoms with E-state index in [9.17, 15) is 0 Å². The fourth-order valence-electron chi connectivity index (χ4n) is 2.95. The number of anilines is 1. The Morgan fingerprint density at radius 2 is 1.88 bits per heavy atom. The fourth-order valence-corrected chi connectivity index (χ4v) is 2.95. The van der Waals surface area contributed by atoms with E-state index in [1.165, 1.54) is 30.4 Å². The highest BCUT2D eigenvalue weighted by Gasteiger charge is 2.13. The number of benzene rings is 1. The number of rotatable bonds is 10. The Kier molecular flexibility index (Phi) is 9.54. The van der Waals surface area contributed by atoms with E-state index in [-0.39, 0.29) is 0 Å². The van der Waals surface area contributed by atoms with E-state index in [0.717, 1.165) is 36.6 Å². The molecular formula is C24H39NO. The molecule has 0 radical (unpaired) electrons. The van der Waals surface area contributed by atoms with Gasteiger partial charge in [0.05, 0.1) is 5.69 Å². The molecule has 0 aromatic heterocycles. The van der Waals surface area contributed by atoms with Crippen LogP contribution in [0.2, 0.25) is 0 Å². The molecule has 26 heavy (non-hydrogen) atoms. The van der Waals surface area contributed by atoms with Crippen LogP contribution in [0.5, 0.6) is 5.75 Å². The zero-order valence-corrected chi connectivity index (χ0v) is 18.0. The maximum atomic E-state index is 6.22. The van der Waals surface area contributed by atoms with Gasteiger partial charge in [-0.05, 0) is 81.2 Å². The monoisotopic (exact) mass is 357 g/mol. The molecule has 2 heteroatoms. The number of hydrogen-bond donors (Lipinski definition) is 1. The number of allylic oxidation sites excluding steroid dienone is 3. The molecule has 0 atom stereocenters. The molecule has 0 unspecified atom stereocenters. The van der Waals surface area contributed by atoms with Crippen molar-refractivity contribution in [2.45, 2.75) is 80.6 Å². The van der Waals surface area contributed by atoms with Crippen LogP contribution in [-0.4, -0.2) is 6.54 Å². The highest BCUT2D eigenvalue weighted by Crippen LogP contribution is 2.33. The van der Waals surface area contributed by atoms with Crippen molar-refractivity contribution in [1.29, 1.82) is 0 Å². The number of ether oxygens (including phenoxy) is 1. The summed E-state index contributed by atoms with van der Waals surface area (Å²) in [5.74, 6) is 1.83. The van der Waals surface area contributed by atoms with Gasteiger partial charge in [0.15, 0.2) is 5.75 Å². The van der Waals surface area contributed by atoms with Crippen LogP contribution in [0.1, 0.15) is 78.4 Å². The van der Waals surface area contributed by atoms with E-state index < -0.39 is 0 Å². The maximum Gasteiger partial charge on any atom is 0.153 e. The van der Waals surface area contributed by atoms with E-state index in [4.69, 9.17) is 4.74 Å². The van der Waals surface area contributed by atoms with Crippen LogP contribution in [0.15, 0.2) is 36.1 Å². The van der Waals surface area contributed by atoms with E-state index in [2.05, 4.69) is 52.1 Å². The van der Waals surface area contributed by atoms with Crippen molar-refractivity contribution >= 4 is 5.69 Å². The zero-order chi connectivity index (χ0) is 19.6. The maximum absolute atomic E-state index is 6.22. The van der Waals surface area contributed by atoms with E-state index >= 15 is 0 Å². The SMILES string of the molecule is C/C=C\C(=C/C)Oc1c(C)cc(CCCC(C)(C)C)cc1NCCCC. The van der Waals surface area contributed by atoms with Gasteiger partial charge in [-0.1, -0.05) is 46.3 Å². The topological polar surface area (TPSA) is 21.3 Å². The second-order valence-electron chi connectivity index (χ2n) is 8.28. The second-order valence-corrected chi connectivity index (χ2v) is 8.28. The first-order valence-electron chi connectivity index (χ1n) is 10.1. The van der Waals surface area contributed by atoms with Crippen molar-refractivity contribution in [3.05, 3.63) is 47.2 Å². The third-order valence-electron chi connectivity index (χ3n) is 4.41. The lowest BCUT2D eigenvalue weighted by Crippen LogP contribution is -2.07. The molecular weight excluding hydrogens is 318 g/mol. The lowest BCUT2D eigenvalue weighted by Gasteiger charge is -2.20. The van der Waals surface area contributed by atoms with Gasteiger partial charge in [0.1, 0.15) is 5.76 Å². The molecule has 0 bridgehead atoms. The van der Waals surface area contributed by atoms with E-state index in [1.807, 2.05) is 32.1 Å². The van der Waals surface area contributed by atoms with Crippen molar-refractivity contribution in [3.63, 3.8) is 0 Å². The standard InChI is InChI=1S/C24H39NO/c1-8-11-16-25-22-18-20(14-12-15-24(5,6)7)17-19(4)23(22)26-21(10-3)13-9-2/h9-10,13,17-18,25H,8,11-12,14-16H2,1-7H3/b13-9-,21-10+. The van der Waals surface area contributed by atoms with Gasteiger partial charge in [-0.3, -0.25) is 0 Å². The van der Waals surface area contributed by atoms with Gasteiger partial charge in [-0.25, -0.2) is 0 Å². The molecule has 0 aliphatic carbocycles. The van der Waals surface area contributed by atoms with Crippen molar-refractivity contribution < 1.29 is 4.74 Å². The quantitative estimate of drug-likeness (QED) is 0.267. The number of aryl methyl sites for hydroxylation is 2. The molecule has 0 saturated carbocycles. The molecule has 0 aliphatic rings. The Hall–Kier alpha value is -1.70. The number of hydrogen-bond acceptors (Lipinski definition) is 2. The van der Waals surface area contributed by atoms with Crippen LogP contribution in [0.25, 0.3) is 0 Å². The lowest BCUT2D eigenvalue weighted by molar-refractivity contribution is 0.365. The molecule has 0 spiro atoms. The van der Waals surface area contributed by atoms with Crippen molar-refractivity contribution in [2.75, 3.05) is 11.9 Å². The Morgan fingerprint density at radius 1 is 1.15 bits per heavy atom. The Bertz CT molecular complexity index is 605.